The Morgan fingerprint density at radius 3 is 2.74 bits per heavy atom. The molecule has 0 unspecified atom stereocenters. The van der Waals surface area contributed by atoms with Gasteiger partial charge in [0.2, 0.25) is 0 Å². The second-order valence-electron chi connectivity index (χ2n) is 4.64. The molecule has 0 aliphatic carbocycles. The van der Waals surface area contributed by atoms with Crippen LogP contribution >= 0.6 is 0 Å². The van der Waals surface area contributed by atoms with E-state index in [0.717, 1.165) is 6.07 Å². The van der Waals surface area contributed by atoms with Crippen molar-refractivity contribution < 1.29 is 24.0 Å². The molecular formula is C14H11N3O6. The van der Waals surface area contributed by atoms with Crippen LogP contribution in [0, 0.1) is 21.4 Å². The zero-order chi connectivity index (χ0) is 17.0. The standard InChI is InChI=1S/C14H11N3O6/c15-6-1-2-7-23-11(18)8-16-13(19)9-4-3-5-10(17(21)22)12(9)14(16)20/h3-5H,1-2,7-8H2. The summed E-state index contributed by atoms with van der Waals surface area (Å²) in [7, 11) is 0. The number of hydrogen-bond acceptors (Lipinski definition) is 7. The summed E-state index contributed by atoms with van der Waals surface area (Å²) >= 11 is 0. The van der Waals surface area contributed by atoms with Crippen molar-refractivity contribution >= 4 is 23.5 Å². The van der Waals surface area contributed by atoms with E-state index in [1.54, 1.807) is 0 Å². The number of nitriles is 1. The number of benzene rings is 1. The second kappa shape index (κ2) is 6.65. The summed E-state index contributed by atoms with van der Waals surface area (Å²) in [5.41, 5.74) is -0.910. The van der Waals surface area contributed by atoms with Crippen molar-refractivity contribution in [3.05, 3.63) is 39.4 Å². The summed E-state index contributed by atoms with van der Waals surface area (Å²) in [5, 5.41) is 19.3. The van der Waals surface area contributed by atoms with Crippen LogP contribution in [0.4, 0.5) is 5.69 Å². The summed E-state index contributed by atoms with van der Waals surface area (Å²) in [4.78, 5) is 46.8. The number of nitrogens with zero attached hydrogens (tertiary/aromatic N) is 3. The monoisotopic (exact) mass is 317 g/mol. The highest BCUT2D eigenvalue weighted by Crippen LogP contribution is 2.30. The first kappa shape index (κ1) is 16.1. The normalized spacial score (nSPS) is 12.7. The highest BCUT2D eigenvalue weighted by Gasteiger charge is 2.41. The first-order chi connectivity index (χ1) is 11.0. The van der Waals surface area contributed by atoms with Gasteiger partial charge in [0.05, 0.1) is 23.2 Å². The third kappa shape index (κ3) is 3.16. The number of hydrogen-bond donors (Lipinski definition) is 0. The Balaban J connectivity index is 2.12. The van der Waals surface area contributed by atoms with E-state index in [-0.39, 0.29) is 24.2 Å². The Hall–Kier alpha value is -3.28. The maximum atomic E-state index is 12.2. The van der Waals surface area contributed by atoms with Crippen LogP contribution in [0.15, 0.2) is 18.2 Å². The number of nitro benzene ring substituents is 1. The summed E-state index contributed by atoms with van der Waals surface area (Å²) in [5.74, 6) is -2.49. The minimum atomic E-state index is -0.897. The van der Waals surface area contributed by atoms with E-state index in [1.807, 2.05) is 6.07 Å². The fourth-order valence-electron chi connectivity index (χ4n) is 2.12. The van der Waals surface area contributed by atoms with Crippen molar-refractivity contribution in [1.29, 1.82) is 5.26 Å². The smallest absolute Gasteiger partial charge is 0.326 e. The van der Waals surface area contributed by atoms with Gasteiger partial charge in [-0.3, -0.25) is 29.4 Å². The minimum Gasteiger partial charge on any atom is -0.464 e. The molecule has 1 aromatic rings. The lowest BCUT2D eigenvalue weighted by atomic mass is 10.1. The third-order valence-electron chi connectivity index (χ3n) is 3.16. The molecular weight excluding hydrogens is 306 g/mol. The highest BCUT2D eigenvalue weighted by molar-refractivity contribution is 6.24. The number of carbonyl (C=O) groups is 3. The topological polar surface area (TPSA) is 131 Å². The average molecular weight is 317 g/mol. The number of rotatable bonds is 6. The molecule has 23 heavy (non-hydrogen) atoms. The number of carbonyl (C=O) groups excluding carboxylic acids is 3. The van der Waals surface area contributed by atoms with Crippen molar-refractivity contribution in [3.8, 4) is 6.07 Å². The number of imide groups is 1. The quantitative estimate of drug-likeness (QED) is 0.252. The van der Waals surface area contributed by atoms with E-state index >= 15 is 0 Å². The largest absolute Gasteiger partial charge is 0.464 e. The molecule has 0 fully saturated rings. The van der Waals surface area contributed by atoms with E-state index < -0.39 is 34.9 Å². The molecule has 0 N–H and O–H groups in total. The predicted octanol–water partition coefficient (Wildman–Crippen LogP) is 1.04. The third-order valence-corrected chi connectivity index (χ3v) is 3.16. The van der Waals surface area contributed by atoms with Crippen LogP contribution in [-0.4, -0.2) is 40.8 Å². The van der Waals surface area contributed by atoms with E-state index in [0.29, 0.717) is 11.3 Å². The Morgan fingerprint density at radius 1 is 1.35 bits per heavy atom. The van der Waals surface area contributed by atoms with E-state index in [9.17, 15) is 24.5 Å². The van der Waals surface area contributed by atoms with Gasteiger partial charge in [-0.2, -0.15) is 5.26 Å². The molecule has 0 spiro atoms. The zero-order valence-corrected chi connectivity index (χ0v) is 11.9. The van der Waals surface area contributed by atoms with Crippen LogP contribution in [0.1, 0.15) is 33.6 Å². The van der Waals surface area contributed by atoms with Gasteiger partial charge in [-0.15, -0.1) is 0 Å². The number of fused-ring (bicyclic) bond motifs is 1. The van der Waals surface area contributed by atoms with Gasteiger partial charge >= 0.3 is 5.97 Å². The van der Waals surface area contributed by atoms with Crippen LogP contribution in [0.25, 0.3) is 0 Å². The number of esters is 1. The van der Waals surface area contributed by atoms with Crippen molar-refractivity contribution in [1.82, 2.24) is 4.90 Å². The first-order valence-electron chi connectivity index (χ1n) is 6.63. The summed E-state index contributed by atoms with van der Waals surface area (Å²) < 4.78 is 4.81. The second-order valence-corrected chi connectivity index (χ2v) is 4.64. The molecule has 0 atom stereocenters. The zero-order valence-electron chi connectivity index (χ0n) is 11.9. The van der Waals surface area contributed by atoms with Crippen molar-refractivity contribution in [3.63, 3.8) is 0 Å². The Morgan fingerprint density at radius 2 is 2.09 bits per heavy atom. The predicted molar refractivity (Wildman–Crippen MR) is 74.3 cm³/mol. The molecule has 0 bridgehead atoms. The molecule has 9 nitrogen and oxygen atoms in total. The molecule has 1 aliphatic heterocycles. The van der Waals surface area contributed by atoms with Gasteiger partial charge in [-0.25, -0.2) is 0 Å². The fraction of sp³-hybridized carbons (Fsp3) is 0.286. The molecule has 9 heteroatoms. The van der Waals surface area contributed by atoms with Gasteiger partial charge < -0.3 is 4.74 Å². The Kier molecular flexibility index (Phi) is 4.66. The molecule has 0 radical (unpaired) electrons. The molecule has 1 aromatic carbocycles. The maximum Gasteiger partial charge on any atom is 0.326 e. The fourth-order valence-corrected chi connectivity index (χ4v) is 2.12. The van der Waals surface area contributed by atoms with Gasteiger partial charge in [0.15, 0.2) is 0 Å². The molecule has 0 saturated heterocycles. The molecule has 0 aromatic heterocycles. The summed E-state index contributed by atoms with van der Waals surface area (Å²) in [6.07, 6.45) is 0.558. The highest BCUT2D eigenvalue weighted by atomic mass is 16.6. The molecule has 1 heterocycles. The van der Waals surface area contributed by atoms with Gasteiger partial charge in [0.1, 0.15) is 12.1 Å². The first-order valence-corrected chi connectivity index (χ1v) is 6.63. The lowest BCUT2D eigenvalue weighted by Crippen LogP contribution is -2.35. The minimum absolute atomic E-state index is 0.00426. The van der Waals surface area contributed by atoms with Crippen LogP contribution < -0.4 is 0 Å². The van der Waals surface area contributed by atoms with Gasteiger partial charge in [0.25, 0.3) is 17.5 Å². The summed E-state index contributed by atoms with van der Waals surface area (Å²) in [6, 6.07) is 5.59. The van der Waals surface area contributed by atoms with Gasteiger partial charge in [-0.05, 0) is 12.5 Å². The van der Waals surface area contributed by atoms with E-state index in [1.165, 1.54) is 12.1 Å². The van der Waals surface area contributed by atoms with Crippen molar-refractivity contribution in [2.24, 2.45) is 0 Å². The van der Waals surface area contributed by atoms with Crippen LogP contribution in [-0.2, 0) is 9.53 Å². The van der Waals surface area contributed by atoms with Crippen molar-refractivity contribution in [2.75, 3.05) is 13.2 Å². The summed E-state index contributed by atoms with van der Waals surface area (Å²) in [6.45, 7) is -0.633. The molecule has 1 aliphatic rings. The van der Waals surface area contributed by atoms with Crippen molar-refractivity contribution in [2.45, 2.75) is 12.8 Å². The number of unbranched alkanes of at least 4 members (excludes halogenated alkanes) is 1. The lowest BCUT2D eigenvalue weighted by molar-refractivity contribution is -0.385. The maximum absolute atomic E-state index is 12.2. The SMILES string of the molecule is N#CCCCOC(=O)CN1C(=O)c2cccc([N+](=O)[O-])c2C1=O. The lowest BCUT2D eigenvalue weighted by Gasteiger charge is -2.12. The van der Waals surface area contributed by atoms with Gasteiger partial charge in [0, 0.05) is 12.5 Å². The van der Waals surface area contributed by atoms with Crippen LogP contribution in [0.3, 0.4) is 0 Å². The number of ether oxygens (including phenoxy) is 1. The molecule has 2 amide bonds. The number of nitro groups is 1. The van der Waals surface area contributed by atoms with Crippen LogP contribution in [0.5, 0.6) is 0 Å². The van der Waals surface area contributed by atoms with Crippen LogP contribution in [0.2, 0.25) is 0 Å². The average Bonchev–Trinajstić information content (AvgIpc) is 2.76. The molecule has 0 saturated carbocycles. The molecule has 118 valence electrons. The Labute approximate surface area is 130 Å². The number of amides is 2. The molecule has 2 rings (SSSR count). The van der Waals surface area contributed by atoms with E-state index in [2.05, 4.69) is 0 Å². The van der Waals surface area contributed by atoms with E-state index in [4.69, 9.17) is 10.00 Å². The van der Waals surface area contributed by atoms with Gasteiger partial charge in [-0.1, -0.05) is 6.07 Å². The Bertz CT molecular complexity index is 737.